The van der Waals surface area contributed by atoms with Crippen molar-refractivity contribution in [3.8, 4) is 0 Å². The average molecular weight is 439 g/mol. The summed E-state index contributed by atoms with van der Waals surface area (Å²) >= 11 is 5.12. The second-order valence-corrected chi connectivity index (χ2v) is 7.74. The molecule has 1 atom stereocenters. The Labute approximate surface area is 180 Å². The lowest BCUT2D eigenvalue weighted by Crippen LogP contribution is -2.49. The summed E-state index contributed by atoms with van der Waals surface area (Å²) in [5.41, 5.74) is 0.880. The van der Waals surface area contributed by atoms with E-state index in [9.17, 15) is 14.0 Å². The summed E-state index contributed by atoms with van der Waals surface area (Å²) < 4.78 is 20.2. The van der Waals surface area contributed by atoms with Gasteiger partial charge in [-0.05, 0) is 24.6 Å². The van der Waals surface area contributed by atoms with E-state index in [1.807, 2.05) is 11.8 Å². The van der Waals surface area contributed by atoms with Crippen molar-refractivity contribution in [2.45, 2.75) is 25.9 Å². The van der Waals surface area contributed by atoms with Gasteiger partial charge in [-0.25, -0.2) is 9.18 Å². The first-order valence-electron chi connectivity index (χ1n) is 10.1. The van der Waals surface area contributed by atoms with E-state index in [0.717, 1.165) is 6.42 Å². The molecule has 2 aliphatic heterocycles. The minimum absolute atomic E-state index is 0.0933. The monoisotopic (exact) mass is 438 g/mol. The van der Waals surface area contributed by atoms with E-state index in [4.69, 9.17) is 22.1 Å². The third-order valence-corrected chi connectivity index (χ3v) is 5.70. The molecule has 2 aliphatic rings. The number of piperazine rings is 1. The van der Waals surface area contributed by atoms with Crippen LogP contribution < -0.4 is 15.1 Å². The first kappa shape index (κ1) is 22.2. The van der Waals surface area contributed by atoms with Crippen molar-refractivity contribution in [2.24, 2.45) is 0 Å². The number of benzene rings is 1. The summed E-state index contributed by atoms with van der Waals surface area (Å²) in [6.07, 6.45) is -0.0342. The van der Waals surface area contributed by atoms with Crippen molar-refractivity contribution in [2.75, 3.05) is 55.7 Å². The molecule has 2 fully saturated rings. The van der Waals surface area contributed by atoms with E-state index in [-0.39, 0.29) is 25.0 Å². The van der Waals surface area contributed by atoms with Gasteiger partial charge in [0.2, 0.25) is 5.91 Å². The number of anilines is 2. The number of hydrogen-bond donors (Lipinski definition) is 2. The first-order valence-corrected chi connectivity index (χ1v) is 10.5. The van der Waals surface area contributed by atoms with Crippen molar-refractivity contribution >= 4 is 40.6 Å². The summed E-state index contributed by atoms with van der Waals surface area (Å²) in [6.45, 7) is 4.49. The molecule has 0 aromatic heterocycles. The van der Waals surface area contributed by atoms with E-state index in [1.165, 1.54) is 11.0 Å². The summed E-state index contributed by atoms with van der Waals surface area (Å²) in [5.74, 6) is -0.520. The number of carbonyl (C=O) groups excluding carboxylic acids is 2. The Balaban J connectivity index is 1.60. The Bertz CT molecular complexity index is 801. The lowest BCUT2D eigenvalue weighted by molar-refractivity contribution is -0.132. The van der Waals surface area contributed by atoms with Crippen LogP contribution >= 0.6 is 12.2 Å². The number of hydrogen-bond acceptors (Lipinski definition) is 6. The summed E-state index contributed by atoms with van der Waals surface area (Å²) in [7, 11) is 0. The number of carbonyl (C=O) groups is 2. The van der Waals surface area contributed by atoms with Crippen molar-refractivity contribution in [3.05, 3.63) is 24.0 Å². The third-order valence-electron chi connectivity index (χ3n) is 5.26. The lowest BCUT2D eigenvalue weighted by atomic mass is 10.2. The Hall–Kier alpha value is -2.46. The van der Waals surface area contributed by atoms with Gasteiger partial charge < -0.3 is 25.0 Å². The number of cyclic esters (lactones) is 1. The SMILES string of the molecule is CCC(=S)NC[C@H]1CN(c2ccc(N3CCN(C(=O)CCO)CC3)c(F)c2)C(=O)O1. The van der Waals surface area contributed by atoms with E-state index in [0.29, 0.717) is 55.6 Å². The number of amides is 2. The molecule has 0 radical (unpaired) electrons. The number of aliphatic hydroxyl groups excluding tert-OH is 1. The van der Waals surface area contributed by atoms with Crippen LogP contribution in [0.2, 0.25) is 0 Å². The average Bonchev–Trinajstić information content (AvgIpc) is 3.12. The maximum absolute atomic E-state index is 14.8. The number of rotatable bonds is 7. The minimum atomic E-state index is -0.507. The summed E-state index contributed by atoms with van der Waals surface area (Å²) in [5, 5.41) is 12.0. The van der Waals surface area contributed by atoms with Gasteiger partial charge in [0.05, 0.1) is 36.1 Å². The molecule has 30 heavy (non-hydrogen) atoms. The number of nitrogens with zero attached hydrogens (tertiary/aromatic N) is 3. The van der Waals surface area contributed by atoms with Gasteiger partial charge in [0.1, 0.15) is 11.9 Å². The van der Waals surface area contributed by atoms with Crippen molar-refractivity contribution < 1.29 is 23.8 Å². The third kappa shape index (κ3) is 5.17. The molecule has 1 aromatic carbocycles. The molecule has 0 saturated carbocycles. The maximum atomic E-state index is 14.8. The normalized spacial score (nSPS) is 19.1. The van der Waals surface area contributed by atoms with Crippen LogP contribution in [0, 0.1) is 5.82 Å². The van der Waals surface area contributed by atoms with Crippen molar-refractivity contribution in [3.63, 3.8) is 0 Å². The van der Waals surface area contributed by atoms with Gasteiger partial charge in [-0.3, -0.25) is 9.69 Å². The largest absolute Gasteiger partial charge is 0.442 e. The molecule has 3 rings (SSSR count). The Kier molecular flexibility index (Phi) is 7.43. The molecule has 0 bridgehead atoms. The zero-order valence-corrected chi connectivity index (χ0v) is 17.8. The van der Waals surface area contributed by atoms with Gasteiger partial charge in [0.15, 0.2) is 0 Å². The molecule has 10 heteroatoms. The Morgan fingerprint density at radius 1 is 1.33 bits per heavy atom. The van der Waals surface area contributed by atoms with Crippen LogP contribution in [0.25, 0.3) is 0 Å². The molecular formula is C20H27FN4O4S. The standard InChI is InChI=1S/C20H27FN4O4S/c1-2-18(30)22-12-15-13-25(20(28)29-15)14-3-4-17(16(21)11-14)23-6-8-24(9-7-23)19(27)5-10-26/h3-4,11,15,26H,2,5-10,12-13H2,1H3,(H,22,30)/t15-/m0/s1. The van der Waals surface area contributed by atoms with Crippen LogP contribution in [0.3, 0.4) is 0 Å². The zero-order valence-electron chi connectivity index (χ0n) is 17.0. The smallest absolute Gasteiger partial charge is 0.414 e. The summed E-state index contributed by atoms with van der Waals surface area (Å²) in [6, 6.07) is 4.70. The van der Waals surface area contributed by atoms with Crippen LogP contribution in [0.1, 0.15) is 19.8 Å². The number of thiocarbonyl (C=S) groups is 1. The molecule has 2 amide bonds. The molecular weight excluding hydrogens is 411 g/mol. The second kappa shape index (κ2) is 10.0. The van der Waals surface area contributed by atoms with Crippen LogP contribution in [0.5, 0.6) is 0 Å². The number of aliphatic hydroxyl groups is 1. The van der Waals surface area contributed by atoms with Gasteiger partial charge in [-0.15, -0.1) is 0 Å². The number of ether oxygens (including phenoxy) is 1. The summed E-state index contributed by atoms with van der Waals surface area (Å²) in [4.78, 5) is 29.8. The van der Waals surface area contributed by atoms with Crippen LogP contribution in [-0.2, 0) is 9.53 Å². The predicted octanol–water partition coefficient (Wildman–Crippen LogP) is 1.51. The molecule has 0 unspecified atom stereocenters. The highest BCUT2D eigenvalue weighted by Crippen LogP contribution is 2.28. The highest BCUT2D eigenvalue weighted by atomic mass is 32.1. The van der Waals surface area contributed by atoms with E-state index in [2.05, 4.69) is 5.32 Å². The number of halogens is 1. The van der Waals surface area contributed by atoms with E-state index in [1.54, 1.807) is 17.0 Å². The fraction of sp³-hybridized carbons (Fsp3) is 0.550. The molecule has 2 heterocycles. The fourth-order valence-corrected chi connectivity index (χ4v) is 3.65. The van der Waals surface area contributed by atoms with E-state index < -0.39 is 11.9 Å². The van der Waals surface area contributed by atoms with Gasteiger partial charge >= 0.3 is 6.09 Å². The van der Waals surface area contributed by atoms with Gasteiger partial charge in [0, 0.05) is 32.6 Å². The lowest BCUT2D eigenvalue weighted by Gasteiger charge is -2.36. The van der Waals surface area contributed by atoms with Crippen molar-refractivity contribution in [1.29, 1.82) is 0 Å². The van der Waals surface area contributed by atoms with Gasteiger partial charge in [0.25, 0.3) is 0 Å². The Morgan fingerprint density at radius 2 is 2.07 bits per heavy atom. The maximum Gasteiger partial charge on any atom is 0.414 e. The van der Waals surface area contributed by atoms with Crippen LogP contribution in [0.4, 0.5) is 20.6 Å². The molecule has 0 aliphatic carbocycles. The highest BCUT2D eigenvalue weighted by Gasteiger charge is 2.33. The molecule has 2 N–H and O–H groups in total. The van der Waals surface area contributed by atoms with Crippen molar-refractivity contribution in [1.82, 2.24) is 10.2 Å². The van der Waals surface area contributed by atoms with Gasteiger partial charge in [-0.1, -0.05) is 19.1 Å². The molecule has 8 nitrogen and oxygen atoms in total. The van der Waals surface area contributed by atoms with Crippen LogP contribution in [-0.4, -0.2) is 79.0 Å². The second-order valence-electron chi connectivity index (χ2n) is 7.25. The first-order chi connectivity index (χ1) is 14.4. The molecule has 1 aromatic rings. The minimum Gasteiger partial charge on any atom is -0.442 e. The zero-order chi connectivity index (χ0) is 21.7. The molecule has 2 saturated heterocycles. The Morgan fingerprint density at radius 3 is 2.70 bits per heavy atom. The fourth-order valence-electron chi connectivity index (χ4n) is 3.56. The highest BCUT2D eigenvalue weighted by molar-refractivity contribution is 7.80. The number of nitrogens with one attached hydrogen (secondary N) is 1. The van der Waals surface area contributed by atoms with Gasteiger partial charge in [-0.2, -0.15) is 0 Å². The van der Waals surface area contributed by atoms with E-state index >= 15 is 0 Å². The quantitative estimate of drug-likeness (QED) is 0.624. The predicted molar refractivity (Wildman–Crippen MR) is 115 cm³/mol. The molecule has 164 valence electrons. The topological polar surface area (TPSA) is 85.4 Å². The molecule has 0 spiro atoms. The van der Waals surface area contributed by atoms with Crippen LogP contribution in [0.15, 0.2) is 18.2 Å².